The SMILES string of the molecule is Cc1cccc(C(=O)c2cc(Cl)ccc2NC2C=CC=C2)c1. The molecule has 2 aromatic rings. The van der Waals surface area contributed by atoms with Gasteiger partial charge in [-0.15, -0.1) is 0 Å². The Bertz CT molecular complexity index is 765. The number of ketones is 1. The van der Waals surface area contributed by atoms with E-state index in [0.29, 0.717) is 16.1 Å². The average molecular weight is 310 g/mol. The molecule has 0 amide bonds. The first-order valence-electron chi connectivity index (χ1n) is 7.16. The minimum atomic E-state index is -0.0281. The molecule has 0 atom stereocenters. The summed E-state index contributed by atoms with van der Waals surface area (Å²) in [6, 6.07) is 13.1. The molecule has 0 bridgehead atoms. The van der Waals surface area contributed by atoms with Crippen LogP contribution in [0.25, 0.3) is 0 Å². The molecular formula is C19H16ClNO. The lowest BCUT2D eigenvalue weighted by molar-refractivity contribution is 0.103. The largest absolute Gasteiger partial charge is 0.375 e. The van der Waals surface area contributed by atoms with Crippen LogP contribution in [0.3, 0.4) is 0 Å². The van der Waals surface area contributed by atoms with Crippen LogP contribution in [0.4, 0.5) is 5.69 Å². The van der Waals surface area contributed by atoms with E-state index in [9.17, 15) is 4.79 Å². The molecule has 2 nitrogen and oxygen atoms in total. The third-order valence-corrected chi connectivity index (χ3v) is 3.81. The zero-order valence-electron chi connectivity index (χ0n) is 12.2. The van der Waals surface area contributed by atoms with Crippen molar-refractivity contribution in [1.82, 2.24) is 0 Å². The predicted molar refractivity (Wildman–Crippen MR) is 91.8 cm³/mol. The zero-order valence-corrected chi connectivity index (χ0v) is 13.0. The Balaban J connectivity index is 1.97. The number of carbonyl (C=O) groups is 1. The van der Waals surface area contributed by atoms with Crippen molar-refractivity contribution in [3.8, 4) is 0 Å². The molecule has 0 heterocycles. The average Bonchev–Trinajstić information content (AvgIpc) is 3.01. The van der Waals surface area contributed by atoms with E-state index in [4.69, 9.17) is 11.6 Å². The number of aryl methyl sites for hydroxylation is 1. The molecular weight excluding hydrogens is 294 g/mol. The summed E-state index contributed by atoms with van der Waals surface area (Å²) in [5, 5.41) is 3.90. The highest BCUT2D eigenvalue weighted by molar-refractivity contribution is 6.31. The van der Waals surface area contributed by atoms with Crippen LogP contribution in [0.5, 0.6) is 0 Å². The van der Waals surface area contributed by atoms with E-state index in [1.54, 1.807) is 12.1 Å². The molecule has 22 heavy (non-hydrogen) atoms. The zero-order chi connectivity index (χ0) is 15.5. The van der Waals surface area contributed by atoms with E-state index < -0.39 is 0 Å². The fourth-order valence-electron chi connectivity index (χ4n) is 2.48. The first-order chi connectivity index (χ1) is 10.6. The number of hydrogen-bond donors (Lipinski definition) is 1. The minimum absolute atomic E-state index is 0.0281. The van der Waals surface area contributed by atoms with Crippen molar-refractivity contribution in [1.29, 1.82) is 0 Å². The lowest BCUT2D eigenvalue weighted by atomic mass is 10.00. The van der Waals surface area contributed by atoms with Crippen LogP contribution >= 0.6 is 11.6 Å². The maximum Gasteiger partial charge on any atom is 0.195 e. The molecule has 0 fully saturated rings. The topological polar surface area (TPSA) is 29.1 Å². The Labute approximate surface area is 135 Å². The number of benzene rings is 2. The molecule has 0 aliphatic heterocycles. The van der Waals surface area contributed by atoms with Gasteiger partial charge in [0.1, 0.15) is 0 Å². The Morgan fingerprint density at radius 1 is 1.09 bits per heavy atom. The van der Waals surface area contributed by atoms with Crippen LogP contribution in [0.2, 0.25) is 5.02 Å². The Morgan fingerprint density at radius 2 is 1.86 bits per heavy atom. The third-order valence-electron chi connectivity index (χ3n) is 3.58. The lowest BCUT2D eigenvalue weighted by Crippen LogP contribution is -2.15. The van der Waals surface area contributed by atoms with Crippen LogP contribution in [0.1, 0.15) is 21.5 Å². The highest BCUT2D eigenvalue weighted by Gasteiger charge is 2.16. The Kier molecular flexibility index (Phi) is 4.12. The summed E-state index contributed by atoms with van der Waals surface area (Å²) < 4.78 is 0. The molecule has 0 unspecified atom stereocenters. The molecule has 0 spiro atoms. The summed E-state index contributed by atoms with van der Waals surface area (Å²) >= 11 is 6.09. The van der Waals surface area contributed by atoms with Crippen molar-refractivity contribution in [3.05, 3.63) is 88.5 Å². The van der Waals surface area contributed by atoms with Gasteiger partial charge in [0.15, 0.2) is 5.78 Å². The number of allylic oxidation sites excluding steroid dienone is 2. The van der Waals surface area contributed by atoms with Crippen LogP contribution in [-0.4, -0.2) is 11.8 Å². The van der Waals surface area contributed by atoms with E-state index in [1.165, 1.54) is 0 Å². The summed E-state index contributed by atoms with van der Waals surface area (Å²) in [6.07, 6.45) is 8.04. The van der Waals surface area contributed by atoms with Gasteiger partial charge >= 0.3 is 0 Å². The molecule has 2 aromatic carbocycles. The van der Waals surface area contributed by atoms with Gasteiger partial charge in [0.25, 0.3) is 0 Å². The van der Waals surface area contributed by atoms with Gasteiger partial charge < -0.3 is 5.32 Å². The summed E-state index contributed by atoms with van der Waals surface area (Å²) in [5.41, 5.74) is 3.11. The monoisotopic (exact) mass is 309 g/mol. The van der Waals surface area contributed by atoms with Crippen molar-refractivity contribution < 1.29 is 4.79 Å². The third kappa shape index (κ3) is 3.12. The molecule has 0 saturated heterocycles. The quantitative estimate of drug-likeness (QED) is 0.823. The van der Waals surface area contributed by atoms with Crippen LogP contribution in [-0.2, 0) is 0 Å². The first-order valence-corrected chi connectivity index (χ1v) is 7.54. The maximum absolute atomic E-state index is 12.8. The van der Waals surface area contributed by atoms with E-state index in [2.05, 4.69) is 5.32 Å². The molecule has 1 aliphatic rings. The summed E-state index contributed by atoms with van der Waals surface area (Å²) in [6.45, 7) is 1.97. The smallest absolute Gasteiger partial charge is 0.195 e. The minimum Gasteiger partial charge on any atom is -0.375 e. The molecule has 110 valence electrons. The molecule has 0 radical (unpaired) electrons. The van der Waals surface area contributed by atoms with Crippen molar-refractivity contribution in [2.75, 3.05) is 5.32 Å². The van der Waals surface area contributed by atoms with Gasteiger partial charge in [-0.25, -0.2) is 0 Å². The number of anilines is 1. The van der Waals surface area contributed by atoms with Gasteiger partial charge in [-0.2, -0.15) is 0 Å². The van der Waals surface area contributed by atoms with Gasteiger partial charge in [-0.1, -0.05) is 59.7 Å². The standard InChI is InChI=1S/C19H16ClNO/c1-13-5-4-6-14(11-13)19(22)17-12-15(20)9-10-18(17)21-16-7-2-3-8-16/h2-12,16,21H,1H3. The normalized spacial score (nSPS) is 13.5. The molecule has 1 N–H and O–H groups in total. The second-order valence-electron chi connectivity index (χ2n) is 5.33. The van der Waals surface area contributed by atoms with E-state index >= 15 is 0 Å². The predicted octanol–water partition coefficient (Wildman–Crippen LogP) is 4.79. The number of carbonyl (C=O) groups excluding carboxylic acids is 1. The molecule has 3 rings (SSSR count). The maximum atomic E-state index is 12.8. The molecule has 0 saturated carbocycles. The number of halogens is 1. The van der Waals surface area contributed by atoms with E-state index in [1.807, 2.05) is 61.6 Å². The fraction of sp³-hybridized carbons (Fsp3) is 0.105. The summed E-state index contributed by atoms with van der Waals surface area (Å²) in [4.78, 5) is 12.8. The molecule has 3 heteroatoms. The van der Waals surface area contributed by atoms with Crippen molar-refractivity contribution in [2.24, 2.45) is 0 Å². The summed E-state index contributed by atoms with van der Waals surface area (Å²) in [5.74, 6) is -0.0281. The second kappa shape index (κ2) is 6.20. The van der Waals surface area contributed by atoms with Crippen LogP contribution in [0, 0.1) is 6.92 Å². The van der Waals surface area contributed by atoms with E-state index in [0.717, 1.165) is 11.3 Å². The van der Waals surface area contributed by atoms with Crippen molar-refractivity contribution in [3.63, 3.8) is 0 Å². The molecule has 1 aliphatic carbocycles. The molecule has 0 aromatic heterocycles. The van der Waals surface area contributed by atoms with Crippen LogP contribution in [0.15, 0.2) is 66.8 Å². The van der Waals surface area contributed by atoms with Gasteiger partial charge in [0.2, 0.25) is 0 Å². The fourth-order valence-corrected chi connectivity index (χ4v) is 2.65. The van der Waals surface area contributed by atoms with Crippen molar-refractivity contribution >= 4 is 23.1 Å². The van der Waals surface area contributed by atoms with Gasteiger partial charge in [-0.05, 0) is 31.2 Å². The van der Waals surface area contributed by atoms with Gasteiger partial charge in [0, 0.05) is 21.8 Å². The second-order valence-corrected chi connectivity index (χ2v) is 5.76. The number of rotatable bonds is 4. The van der Waals surface area contributed by atoms with E-state index in [-0.39, 0.29) is 11.8 Å². The first kappa shape index (κ1) is 14.6. The number of nitrogens with one attached hydrogen (secondary N) is 1. The lowest BCUT2D eigenvalue weighted by Gasteiger charge is -2.15. The van der Waals surface area contributed by atoms with Crippen LogP contribution < -0.4 is 5.32 Å². The summed E-state index contributed by atoms with van der Waals surface area (Å²) in [7, 11) is 0. The van der Waals surface area contributed by atoms with Gasteiger partial charge in [-0.3, -0.25) is 4.79 Å². The number of hydrogen-bond acceptors (Lipinski definition) is 2. The van der Waals surface area contributed by atoms with Crippen molar-refractivity contribution in [2.45, 2.75) is 13.0 Å². The van der Waals surface area contributed by atoms with Gasteiger partial charge in [0.05, 0.1) is 6.04 Å². The Hall–Kier alpha value is -2.32. The highest BCUT2D eigenvalue weighted by atomic mass is 35.5. The Morgan fingerprint density at radius 3 is 2.59 bits per heavy atom. The highest BCUT2D eigenvalue weighted by Crippen LogP contribution is 2.25.